The molecule has 17 heavy (non-hydrogen) atoms. The van der Waals surface area contributed by atoms with E-state index in [9.17, 15) is 5.11 Å². The molecule has 0 atom stereocenters. The van der Waals surface area contributed by atoms with Gasteiger partial charge in [-0.15, -0.1) is 0 Å². The standard InChI is InChI=1S/C16H18O/c1-13-5-7-14(8-6-13)3-2-4-15-9-11-16(17)12-10-15/h5-12,17H,2-4H2,1H3. The third-order valence-electron chi connectivity index (χ3n) is 2.99. The second-order valence-electron chi connectivity index (χ2n) is 4.51. The Hall–Kier alpha value is -1.76. The molecule has 0 radical (unpaired) electrons. The molecule has 1 N–H and O–H groups in total. The average molecular weight is 226 g/mol. The van der Waals surface area contributed by atoms with Crippen molar-refractivity contribution in [2.45, 2.75) is 26.2 Å². The molecule has 0 heterocycles. The fourth-order valence-corrected chi connectivity index (χ4v) is 1.91. The van der Waals surface area contributed by atoms with Gasteiger partial charge in [-0.05, 0) is 49.4 Å². The van der Waals surface area contributed by atoms with Gasteiger partial charge in [0.05, 0.1) is 0 Å². The molecule has 0 unspecified atom stereocenters. The fourth-order valence-electron chi connectivity index (χ4n) is 1.91. The molecule has 0 aliphatic rings. The Balaban J connectivity index is 1.83. The zero-order chi connectivity index (χ0) is 12.1. The maximum atomic E-state index is 9.19. The van der Waals surface area contributed by atoms with Crippen LogP contribution in [0, 0.1) is 6.92 Å². The van der Waals surface area contributed by atoms with Crippen LogP contribution in [0.1, 0.15) is 23.1 Å². The minimum absolute atomic E-state index is 0.340. The first-order chi connectivity index (χ1) is 8.24. The Morgan fingerprint density at radius 3 is 1.76 bits per heavy atom. The maximum absolute atomic E-state index is 9.19. The summed E-state index contributed by atoms with van der Waals surface area (Å²) in [5.41, 5.74) is 4.00. The van der Waals surface area contributed by atoms with Crippen LogP contribution in [0.25, 0.3) is 0 Å². The van der Waals surface area contributed by atoms with Gasteiger partial charge in [0.2, 0.25) is 0 Å². The molecule has 2 rings (SSSR count). The molecule has 1 heteroatoms. The van der Waals surface area contributed by atoms with Crippen molar-refractivity contribution in [1.29, 1.82) is 0 Å². The van der Waals surface area contributed by atoms with Gasteiger partial charge in [-0.25, -0.2) is 0 Å². The number of benzene rings is 2. The van der Waals surface area contributed by atoms with Crippen LogP contribution in [-0.2, 0) is 12.8 Å². The summed E-state index contributed by atoms with van der Waals surface area (Å²) in [6, 6.07) is 16.2. The molecule has 0 saturated heterocycles. The lowest BCUT2D eigenvalue weighted by molar-refractivity contribution is 0.475. The number of aryl methyl sites for hydroxylation is 3. The molecule has 0 spiro atoms. The third kappa shape index (κ3) is 3.63. The normalized spacial score (nSPS) is 10.4. The highest BCUT2D eigenvalue weighted by molar-refractivity contribution is 5.26. The summed E-state index contributed by atoms with van der Waals surface area (Å²) in [6.45, 7) is 2.11. The predicted octanol–water partition coefficient (Wildman–Crippen LogP) is 3.88. The van der Waals surface area contributed by atoms with Crippen LogP contribution in [0.15, 0.2) is 48.5 Å². The van der Waals surface area contributed by atoms with Crippen LogP contribution < -0.4 is 0 Å². The Labute approximate surface area is 103 Å². The Kier molecular flexibility index (Phi) is 3.81. The van der Waals surface area contributed by atoms with Crippen molar-refractivity contribution >= 4 is 0 Å². The van der Waals surface area contributed by atoms with Gasteiger partial charge in [-0.3, -0.25) is 0 Å². The first-order valence-corrected chi connectivity index (χ1v) is 6.07. The lowest BCUT2D eigenvalue weighted by Gasteiger charge is -2.03. The smallest absolute Gasteiger partial charge is 0.115 e. The topological polar surface area (TPSA) is 20.2 Å². The summed E-state index contributed by atoms with van der Waals surface area (Å²) < 4.78 is 0. The number of phenolic OH excluding ortho intramolecular Hbond substituents is 1. The van der Waals surface area contributed by atoms with E-state index in [0.717, 1.165) is 19.3 Å². The van der Waals surface area contributed by atoms with Gasteiger partial charge in [0, 0.05) is 0 Å². The van der Waals surface area contributed by atoms with Crippen LogP contribution >= 0.6 is 0 Å². The van der Waals surface area contributed by atoms with Crippen LogP contribution in [0.5, 0.6) is 5.75 Å². The van der Waals surface area contributed by atoms with E-state index in [1.54, 1.807) is 12.1 Å². The van der Waals surface area contributed by atoms with E-state index in [-0.39, 0.29) is 0 Å². The molecule has 2 aromatic rings. The van der Waals surface area contributed by atoms with Crippen molar-refractivity contribution in [3.63, 3.8) is 0 Å². The quantitative estimate of drug-likeness (QED) is 0.839. The highest BCUT2D eigenvalue weighted by Crippen LogP contribution is 2.13. The molecule has 0 aliphatic heterocycles. The highest BCUT2D eigenvalue weighted by Gasteiger charge is 1.96. The van der Waals surface area contributed by atoms with Gasteiger partial charge in [-0.2, -0.15) is 0 Å². The summed E-state index contributed by atoms with van der Waals surface area (Å²) in [5, 5.41) is 9.19. The molecule has 0 bridgehead atoms. The first kappa shape index (κ1) is 11.7. The second kappa shape index (κ2) is 5.53. The summed E-state index contributed by atoms with van der Waals surface area (Å²) in [7, 11) is 0. The van der Waals surface area contributed by atoms with E-state index in [2.05, 4.69) is 31.2 Å². The largest absolute Gasteiger partial charge is 0.508 e. The van der Waals surface area contributed by atoms with E-state index in [0.29, 0.717) is 5.75 Å². The number of aromatic hydroxyl groups is 1. The minimum atomic E-state index is 0.340. The number of rotatable bonds is 4. The summed E-state index contributed by atoms with van der Waals surface area (Å²) in [4.78, 5) is 0. The van der Waals surface area contributed by atoms with Crippen LogP contribution in [-0.4, -0.2) is 5.11 Å². The second-order valence-corrected chi connectivity index (χ2v) is 4.51. The van der Waals surface area contributed by atoms with Crippen molar-refractivity contribution in [1.82, 2.24) is 0 Å². The van der Waals surface area contributed by atoms with Crippen molar-refractivity contribution in [2.75, 3.05) is 0 Å². The molecule has 0 saturated carbocycles. The van der Waals surface area contributed by atoms with Gasteiger partial charge < -0.3 is 5.11 Å². The van der Waals surface area contributed by atoms with Crippen molar-refractivity contribution in [3.05, 3.63) is 65.2 Å². The van der Waals surface area contributed by atoms with E-state index in [1.807, 2.05) is 12.1 Å². The zero-order valence-corrected chi connectivity index (χ0v) is 10.2. The van der Waals surface area contributed by atoms with Crippen molar-refractivity contribution < 1.29 is 5.11 Å². The zero-order valence-electron chi connectivity index (χ0n) is 10.2. The maximum Gasteiger partial charge on any atom is 0.115 e. The fraction of sp³-hybridized carbons (Fsp3) is 0.250. The van der Waals surface area contributed by atoms with Gasteiger partial charge in [-0.1, -0.05) is 42.0 Å². The van der Waals surface area contributed by atoms with E-state index >= 15 is 0 Å². The molecule has 0 amide bonds. The minimum Gasteiger partial charge on any atom is -0.508 e. The number of hydrogen-bond donors (Lipinski definition) is 1. The van der Waals surface area contributed by atoms with Crippen LogP contribution in [0.2, 0.25) is 0 Å². The molecular formula is C16H18O. The van der Waals surface area contributed by atoms with Gasteiger partial charge in [0.25, 0.3) is 0 Å². The summed E-state index contributed by atoms with van der Waals surface area (Å²) >= 11 is 0. The molecule has 0 aliphatic carbocycles. The monoisotopic (exact) mass is 226 g/mol. The number of phenols is 1. The van der Waals surface area contributed by atoms with E-state index in [1.165, 1.54) is 16.7 Å². The molecule has 0 fully saturated rings. The lowest BCUT2D eigenvalue weighted by atomic mass is 10.0. The van der Waals surface area contributed by atoms with Crippen LogP contribution in [0.3, 0.4) is 0 Å². The van der Waals surface area contributed by atoms with Gasteiger partial charge >= 0.3 is 0 Å². The summed E-state index contributed by atoms with van der Waals surface area (Å²) in [5.74, 6) is 0.340. The Bertz CT molecular complexity index is 408. The SMILES string of the molecule is Cc1ccc(CCCc2ccc(O)cc2)cc1. The molecule has 2 aromatic carbocycles. The number of hydrogen-bond acceptors (Lipinski definition) is 1. The van der Waals surface area contributed by atoms with Crippen LogP contribution in [0.4, 0.5) is 0 Å². The summed E-state index contributed by atoms with van der Waals surface area (Å²) in [6.07, 6.45) is 3.32. The average Bonchev–Trinajstić information content (AvgIpc) is 2.34. The highest BCUT2D eigenvalue weighted by atomic mass is 16.3. The first-order valence-electron chi connectivity index (χ1n) is 6.07. The lowest BCUT2D eigenvalue weighted by Crippen LogP contribution is -1.90. The Morgan fingerprint density at radius 1 is 0.765 bits per heavy atom. The molecule has 0 aromatic heterocycles. The predicted molar refractivity (Wildman–Crippen MR) is 71.3 cm³/mol. The third-order valence-corrected chi connectivity index (χ3v) is 2.99. The van der Waals surface area contributed by atoms with E-state index in [4.69, 9.17) is 0 Å². The van der Waals surface area contributed by atoms with Crippen molar-refractivity contribution in [2.24, 2.45) is 0 Å². The van der Waals surface area contributed by atoms with Gasteiger partial charge in [0.1, 0.15) is 5.75 Å². The molecular weight excluding hydrogens is 208 g/mol. The van der Waals surface area contributed by atoms with Gasteiger partial charge in [0.15, 0.2) is 0 Å². The molecule has 1 nitrogen and oxygen atoms in total. The van der Waals surface area contributed by atoms with E-state index < -0.39 is 0 Å². The van der Waals surface area contributed by atoms with Crippen molar-refractivity contribution in [3.8, 4) is 5.75 Å². The Morgan fingerprint density at radius 2 is 1.24 bits per heavy atom. The molecule has 88 valence electrons.